The summed E-state index contributed by atoms with van der Waals surface area (Å²) < 4.78 is 2.52. The molecule has 2 nitrogen and oxygen atoms in total. The molecule has 1 atom stereocenters. The van der Waals surface area contributed by atoms with Crippen molar-refractivity contribution in [1.29, 1.82) is 0 Å². The summed E-state index contributed by atoms with van der Waals surface area (Å²) in [6.07, 6.45) is 10.5. The van der Waals surface area contributed by atoms with Crippen LogP contribution in [0.4, 0.5) is 17.1 Å². The number of hydrogen-bond donors (Lipinski definition) is 0. The molecule has 0 aliphatic heterocycles. The van der Waals surface area contributed by atoms with Crippen molar-refractivity contribution >= 4 is 71.9 Å². The lowest BCUT2D eigenvalue weighted by atomic mass is 9.69. The van der Waals surface area contributed by atoms with Crippen molar-refractivity contribution in [2.24, 2.45) is 5.41 Å². The highest BCUT2D eigenvalue weighted by atomic mass is 15.1. The van der Waals surface area contributed by atoms with Crippen molar-refractivity contribution in [2.75, 3.05) is 4.90 Å². The lowest BCUT2D eigenvalue weighted by molar-refractivity contribution is 0.565. The van der Waals surface area contributed by atoms with Gasteiger partial charge in [0.1, 0.15) is 0 Å². The average Bonchev–Trinajstić information content (AvgIpc) is 3.64. The molecule has 2 aliphatic rings. The Morgan fingerprint density at radius 1 is 0.459 bits per heavy atom. The first-order valence-corrected chi connectivity index (χ1v) is 21.3. The van der Waals surface area contributed by atoms with Crippen molar-refractivity contribution in [3.8, 4) is 16.8 Å². The molecule has 12 rings (SSSR count). The second kappa shape index (κ2) is 14.0. The molecule has 0 bridgehead atoms. The van der Waals surface area contributed by atoms with Gasteiger partial charge in [0, 0.05) is 44.3 Å². The number of nitrogens with zero attached hydrogens (tertiary/aromatic N) is 2. The molecule has 1 heterocycles. The highest BCUT2D eigenvalue weighted by Gasteiger charge is 2.35. The summed E-state index contributed by atoms with van der Waals surface area (Å²) in [4.78, 5) is 2.31. The van der Waals surface area contributed by atoms with Gasteiger partial charge in [-0.05, 0) is 122 Å². The van der Waals surface area contributed by atoms with E-state index in [4.69, 9.17) is 0 Å². The molecule has 0 fully saturated rings. The second-order valence-corrected chi connectivity index (χ2v) is 16.7. The normalized spacial score (nSPS) is 15.8. The average molecular weight is 779 g/mol. The molecule has 0 amide bonds. The van der Waals surface area contributed by atoms with Crippen LogP contribution in [-0.2, 0) is 0 Å². The maximum atomic E-state index is 2.55. The minimum Gasteiger partial charge on any atom is -0.311 e. The highest BCUT2D eigenvalue weighted by Crippen LogP contribution is 2.46. The fourth-order valence-corrected chi connectivity index (χ4v) is 10.2. The van der Waals surface area contributed by atoms with Crippen LogP contribution < -0.4 is 15.5 Å². The number of anilines is 3. The number of fused-ring (bicyclic) bond motifs is 10. The van der Waals surface area contributed by atoms with Gasteiger partial charge in [0.2, 0.25) is 0 Å². The Labute approximate surface area is 355 Å². The Hall–Kier alpha value is -7.68. The van der Waals surface area contributed by atoms with Crippen LogP contribution in [0.3, 0.4) is 0 Å². The SMILES string of the molecule is CC12C=c3c(n(-c4ccc(-c5ccc(N(c6ccccc6)c6ccccc6)cc5)cc4)c4ccccc34)=C(c3ccc4c5ccccc5c5ccccc5c4c3)C1=CC=CC2. The van der Waals surface area contributed by atoms with Crippen LogP contribution in [0.25, 0.3) is 71.7 Å². The Morgan fingerprint density at radius 2 is 0.951 bits per heavy atom. The number of benzene rings is 9. The van der Waals surface area contributed by atoms with Crippen LogP contribution in [0.2, 0.25) is 0 Å². The van der Waals surface area contributed by atoms with E-state index >= 15 is 0 Å². The summed E-state index contributed by atoms with van der Waals surface area (Å²) >= 11 is 0. The van der Waals surface area contributed by atoms with Crippen molar-refractivity contribution in [1.82, 2.24) is 4.57 Å². The summed E-state index contributed by atoms with van der Waals surface area (Å²) in [6, 6.07) is 73.2. The maximum absolute atomic E-state index is 2.55. The fourth-order valence-electron chi connectivity index (χ4n) is 10.2. The summed E-state index contributed by atoms with van der Waals surface area (Å²) in [7, 11) is 0. The molecule has 1 aromatic heterocycles. The smallest absolute Gasteiger partial charge is 0.0619 e. The molecule has 0 radical (unpaired) electrons. The standard InChI is InChI=1S/C59H42N2/c1-59-37-15-14-25-55(59)57(42-31-36-51-49-22-9-8-20-47(49)48-21-10-11-23-50(48)53(51)38-42)58-54(39-59)52-24-12-13-26-56(52)61(58)46-34-29-41(30-35-46)40-27-32-45(33-28-40)60(43-16-4-2-5-17-43)44-18-6-3-7-19-44/h2-36,38-39H,37H2,1H3. The first kappa shape index (κ1) is 35.3. The quantitative estimate of drug-likeness (QED) is 0.153. The third kappa shape index (κ3) is 5.64. The molecule has 0 saturated heterocycles. The van der Waals surface area contributed by atoms with E-state index in [2.05, 4.69) is 241 Å². The summed E-state index contributed by atoms with van der Waals surface area (Å²) in [6.45, 7) is 2.42. The van der Waals surface area contributed by atoms with Gasteiger partial charge in [-0.3, -0.25) is 0 Å². The van der Waals surface area contributed by atoms with E-state index in [0.29, 0.717) is 0 Å². The fraction of sp³-hybridized carbons (Fsp3) is 0.0508. The Balaban J connectivity index is 1.04. The van der Waals surface area contributed by atoms with Crippen molar-refractivity contribution < 1.29 is 0 Å². The monoisotopic (exact) mass is 778 g/mol. The Morgan fingerprint density at radius 3 is 1.57 bits per heavy atom. The molecule has 2 heteroatoms. The zero-order valence-electron chi connectivity index (χ0n) is 34.0. The lowest BCUT2D eigenvalue weighted by Gasteiger charge is -2.35. The van der Waals surface area contributed by atoms with Gasteiger partial charge >= 0.3 is 0 Å². The largest absolute Gasteiger partial charge is 0.311 e. The van der Waals surface area contributed by atoms with Crippen molar-refractivity contribution in [3.63, 3.8) is 0 Å². The van der Waals surface area contributed by atoms with E-state index in [0.717, 1.165) is 29.2 Å². The molecule has 288 valence electrons. The molecule has 1 unspecified atom stereocenters. The van der Waals surface area contributed by atoms with E-state index in [-0.39, 0.29) is 5.41 Å². The number of rotatable bonds is 6. The highest BCUT2D eigenvalue weighted by molar-refractivity contribution is 6.25. The van der Waals surface area contributed by atoms with E-state index in [1.54, 1.807) is 0 Å². The number of para-hydroxylation sites is 3. The summed E-state index contributed by atoms with van der Waals surface area (Å²) in [5.41, 5.74) is 11.9. The minimum absolute atomic E-state index is 0.140. The van der Waals surface area contributed by atoms with Crippen LogP contribution in [0, 0.1) is 5.41 Å². The zero-order valence-corrected chi connectivity index (χ0v) is 34.0. The van der Waals surface area contributed by atoms with E-state index < -0.39 is 0 Å². The first-order chi connectivity index (χ1) is 30.1. The maximum Gasteiger partial charge on any atom is 0.0619 e. The third-order valence-electron chi connectivity index (χ3n) is 13.1. The molecule has 0 saturated carbocycles. The zero-order chi connectivity index (χ0) is 40.5. The molecule has 0 spiro atoms. The Bertz CT molecular complexity index is 3460. The number of aromatic nitrogens is 1. The number of allylic oxidation sites excluding steroid dienone is 4. The second-order valence-electron chi connectivity index (χ2n) is 16.7. The predicted molar refractivity (Wildman–Crippen MR) is 259 cm³/mol. The van der Waals surface area contributed by atoms with E-state index in [1.165, 1.54) is 81.6 Å². The van der Waals surface area contributed by atoms with E-state index in [9.17, 15) is 0 Å². The minimum atomic E-state index is -0.140. The van der Waals surface area contributed by atoms with Crippen molar-refractivity contribution in [2.45, 2.75) is 13.3 Å². The first-order valence-electron chi connectivity index (χ1n) is 21.3. The van der Waals surface area contributed by atoms with Crippen LogP contribution in [0.15, 0.2) is 224 Å². The van der Waals surface area contributed by atoms with Crippen LogP contribution in [-0.4, -0.2) is 4.57 Å². The van der Waals surface area contributed by atoms with Gasteiger partial charge in [-0.1, -0.05) is 171 Å². The molecule has 2 aliphatic carbocycles. The summed E-state index contributed by atoms with van der Waals surface area (Å²) in [5.74, 6) is 0. The van der Waals surface area contributed by atoms with Gasteiger partial charge in [0.15, 0.2) is 0 Å². The van der Waals surface area contributed by atoms with Gasteiger partial charge in [-0.25, -0.2) is 0 Å². The molecular weight excluding hydrogens is 737 g/mol. The van der Waals surface area contributed by atoms with Gasteiger partial charge in [-0.2, -0.15) is 0 Å². The van der Waals surface area contributed by atoms with Gasteiger partial charge in [0.25, 0.3) is 0 Å². The van der Waals surface area contributed by atoms with E-state index in [1.807, 2.05) is 0 Å². The van der Waals surface area contributed by atoms with Crippen LogP contribution >= 0.6 is 0 Å². The van der Waals surface area contributed by atoms with Gasteiger partial charge < -0.3 is 9.47 Å². The predicted octanol–water partition coefficient (Wildman–Crippen LogP) is 14.1. The van der Waals surface area contributed by atoms with Crippen LogP contribution in [0.5, 0.6) is 0 Å². The van der Waals surface area contributed by atoms with Crippen LogP contribution in [0.1, 0.15) is 18.9 Å². The van der Waals surface area contributed by atoms with Gasteiger partial charge in [-0.15, -0.1) is 0 Å². The molecule has 10 aromatic rings. The Kier molecular flexibility index (Phi) is 8.08. The molecular formula is C59H42N2. The third-order valence-corrected chi connectivity index (χ3v) is 13.1. The molecule has 61 heavy (non-hydrogen) atoms. The topological polar surface area (TPSA) is 8.17 Å². The number of hydrogen-bond acceptors (Lipinski definition) is 1. The molecule has 0 N–H and O–H groups in total. The van der Waals surface area contributed by atoms with Gasteiger partial charge in [0.05, 0.1) is 10.9 Å². The van der Waals surface area contributed by atoms with Crippen molar-refractivity contribution in [3.05, 3.63) is 240 Å². The lowest BCUT2D eigenvalue weighted by Crippen LogP contribution is -2.40. The molecule has 9 aromatic carbocycles. The summed E-state index contributed by atoms with van der Waals surface area (Å²) in [5, 5.41) is 11.6.